The number of rotatable bonds is 8. The molecular formula is C18H27N3O3. The van der Waals surface area contributed by atoms with Crippen LogP contribution in [0.3, 0.4) is 0 Å². The molecule has 1 fully saturated rings. The molecule has 132 valence electrons. The van der Waals surface area contributed by atoms with E-state index in [4.69, 9.17) is 4.74 Å². The first-order valence-electron chi connectivity index (χ1n) is 8.63. The maximum Gasteiger partial charge on any atom is 0.234 e. The first-order chi connectivity index (χ1) is 11.7. The molecule has 1 aromatic rings. The number of hydrogen-bond donors (Lipinski definition) is 1. The van der Waals surface area contributed by atoms with Gasteiger partial charge >= 0.3 is 0 Å². The van der Waals surface area contributed by atoms with Gasteiger partial charge in [0.1, 0.15) is 5.75 Å². The smallest absolute Gasteiger partial charge is 0.234 e. The molecule has 0 radical (unpaired) electrons. The average Bonchev–Trinajstić information content (AvgIpc) is 2.60. The number of piperazine rings is 1. The molecule has 6 heteroatoms. The van der Waals surface area contributed by atoms with E-state index in [0.29, 0.717) is 45.6 Å². The summed E-state index contributed by atoms with van der Waals surface area (Å²) in [6.45, 7) is 6.42. The van der Waals surface area contributed by atoms with Gasteiger partial charge < -0.3 is 15.0 Å². The largest absolute Gasteiger partial charge is 0.494 e. The highest BCUT2D eigenvalue weighted by atomic mass is 16.5. The number of amides is 2. The number of carbonyl (C=O) groups is 2. The van der Waals surface area contributed by atoms with Gasteiger partial charge in [0, 0.05) is 39.1 Å². The standard InChI is InChI=1S/C18H27N3O3/c1-2-19-17(22)15-20-10-12-21(13-11-20)18(23)9-6-14-24-16-7-4-3-5-8-16/h3-5,7-8H,2,6,9-15H2,1H3,(H,19,22). The number of hydrogen-bond acceptors (Lipinski definition) is 4. The Balaban J connectivity index is 1.59. The van der Waals surface area contributed by atoms with E-state index in [-0.39, 0.29) is 11.8 Å². The summed E-state index contributed by atoms with van der Waals surface area (Å²) in [4.78, 5) is 27.8. The van der Waals surface area contributed by atoms with Crippen molar-refractivity contribution in [3.05, 3.63) is 30.3 Å². The zero-order valence-electron chi connectivity index (χ0n) is 14.4. The molecule has 24 heavy (non-hydrogen) atoms. The van der Waals surface area contributed by atoms with Crippen LogP contribution < -0.4 is 10.1 Å². The van der Waals surface area contributed by atoms with Crippen molar-refractivity contribution in [1.29, 1.82) is 0 Å². The monoisotopic (exact) mass is 333 g/mol. The van der Waals surface area contributed by atoms with Gasteiger partial charge in [0.05, 0.1) is 13.2 Å². The molecule has 6 nitrogen and oxygen atoms in total. The summed E-state index contributed by atoms with van der Waals surface area (Å²) < 4.78 is 5.60. The van der Waals surface area contributed by atoms with Crippen LogP contribution in [0.2, 0.25) is 0 Å². The van der Waals surface area contributed by atoms with Crippen molar-refractivity contribution < 1.29 is 14.3 Å². The lowest BCUT2D eigenvalue weighted by Gasteiger charge is -2.34. The van der Waals surface area contributed by atoms with E-state index in [1.165, 1.54) is 0 Å². The van der Waals surface area contributed by atoms with Crippen LogP contribution in [0.1, 0.15) is 19.8 Å². The Labute approximate surface area is 143 Å². The highest BCUT2D eigenvalue weighted by Crippen LogP contribution is 2.10. The third-order valence-corrected chi connectivity index (χ3v) is 4.01. The van der Waals surface area contributed by atoms with Gasteiger partial charge in [0.15, 0.2) is 0 Å². The Morgan fingerprint density at radius 1 is 1.12 bits per heavy atom. The van der Waals surface area contributed by atoms with Crippen LogP contribution in [-0.4, -0.2) is 67.5 Å². The second kappa shape index (κ2) is 9.93. The molecule has 1 aliphatic rings. The molecule has 0 bridgehead atoms. The fourth-order valence-electron chi connectivity index (χ4n) is 2.70. The molecule has 1 N–H and O–H groups in total. The van der Waals surface area contributed by atoms with Crippen LogP contribution in [0.4, 0.5) is 0 Å². The lowest BCUT2D eigenvalue weighted by atomic mass is 10.2. The van der Waals surface area contributed by atoms with Gasteiger partial charge in [-0.25, -0.2) is 0 Å². The zero-order chi connectivity index (χ0) is 17.2. The van der Waals surface area contributed by atoms with Crippen molar-refractivity contribution in [2.75, 3.05) is 45.9 Å². The first kappa shape index (κ1) is 18.3. The van der Waals surface area contributed by atoms with Crippen molar-refractivity contribution in [3.8, 4) is 5.75 Å². The SMILES string of the molecule is CCNC(=O)CN1CCN(C(=O)CCCOc2ccccc2)CC1. The second-order valence-electron chi connectivity index (χ2n) is 5.88. The zero-order valence-corrected chi connectivity index (χ0v) is 14.4. The number of nitrogens with zero attached hydrogens (tertiary/aromatic N) is 2. The Hall–Kier alpha value is -2.08. The van der Waals surface area contributed by atoms with Crippen molar-refractivity contribution in [1.82, 2.24) is 15.1 Å². The summed E-state index contributed by atoms with van der Waals surface area (Å²) in [6, 6.07) is 9.63. The maximum absolute atomic E-state index is 12.2. The van der Waals surface area contributed by atoms with Crippen LogP contribution >= 0.6 is 0 Å². The minimum Gasteiger partial charge on any atom is -0.494 e. The fraction of sp³-hybridized carbons (Fsp3) is 0.556. The van der Waals surface area contributed by atoms with E-state index >= 15 is 0 Å². The van der Waals surface area contributed by atoms with Gasteiger partial charge in [0.25, 0.3) is 0 Å². The molecule has 1 saturated heterocycles. The van der Waals surface area contributed by atoms with E-state index in [2.05, 4.69) is 10.2 Å². The van der Waals surface area contributed by atoms with Crippen molar-refractivity contribution in [2.45, 2.75) is 19.8 Å². The van der Waals surface area contributed by atoms with Crippen LogP contribution in [0, 0.1) is 0 Å². The topological polar surface area (TPSA) is 61.9 Å². The lowest BCUT2D eigenvalue weighted by Crippen LogP contribution is -2.51. The van der Waals surface area contributed by atoms with Gasteiger partial charge in [-0.15, -0.1) is 0 Å². The highest BCUT2D eigenvalue weighted by molar-refractivity contribution is 5.78. The van der Waals surface area contributed by atoms with Gasteiger partial charge in [0.2, 0.25) is 11.8 Å². The van der Waals surface area contributed by atoms with Crippen molar-refractivity contribution in [2.24, 2.45) is 0 Å². The molecule has 1 aliphatic heterocycles. The first-order valence-corrected chi connectivity index (χ1v) is 8.63. The predicted molar refractivity (Wildman–Crippen MR) is 92.9 cm³/mol. The van der Waals surface area contributed by atoms with Gasteiger partial charge in [-0.05, 0) is 25.5 Å². The van der Waals surface area contributed by atoms with Crippen LogP contribution in [0.25, 0.3) is 0 Å². The van der Waals surface area contributed by atoms with E-state index in [0.717, 1.165) is 18.8 Å². The van der Waals surface area contributed by atoms with Crippen LogP contribution in [0.15, 0.2) is 30.3 Å². The number of nitrogens with one attached hydrogen (secondary N) is 1. The fourth-order valence-corrected chi connectivity index (χ4v) is 2.70. The third-order valence-electron chi connectivity index (χ3n) is 4.01. The van der Waals surface area contributed by atoms with E-state index in [9.17, 15) is 9.59 Å². The molecule has 0 aliphatic carbocycles. The van der Waals surface area contributed by atoms with Gasteiger partial charge in [-0.1, -0.05) is 18.2 Å². The minimum absolute atomic E-state index is 0.0512. The average molecular weight is 333 g/mol. The van der Waals surface area contributed by atoms with Gasteiger partial charge in [-0.2, -0.15) is 0 Å². The molecule has 2 rings (SSSR count). The molecule has 0 saturated carbocycles. The molecule has 0 atom stereocenters. The van der Waals surface area contributed by atoms with E-state index < -0.39 is 0 Å². The number of benzene rings is 1. The third kappa shape index (κ3) is 6.20. The molecule has 0 unspecified atom stereocenters. The molecule has 1 heterocycles. The maximum atomic E-state index is 12.2. The molecule has 0 spiro atoms. The Bertz CT molecular complexity index is 514. The lowest BCUT2D eigenvalue weighted by molar-refractivity contribution is -0.133. The highest BCUT2D eigenvalue weighted by Gasteiger charge is 2.21. The summed E-state index contributed by atoms with van der Waals surface area (Å²) in [7, 11) is 0. The number of likely N-dealkylation sites (N-methyl/N-ethyl adjacent to an activating group) is 1. The Morgan fingerprint density at radius 3 is 2.50 bits per heavy atom. The molecule has 1 aromatic carbocycles. The van der Waals surface area contributed by atoms with E-state index in [1.54, 1.807) is 0 Å². The molecule has 0 aromatic heterocycles. The summed E-state index contributed by atoms with van der Waals surface area (Å²) in [5.41, 5.74) is 0. The predicted octanol–water partition coefficient (Wildman–Crippen LogP) is 1.13. The number of carbonyl (C=O) groups excluding carboxylic acids is 2. The molecule has 2 amide bonds. The van der Waals surface area contributed by atoms with Crippen molar-refractivity contribution in [3.63, 3.8) is 0 Å². The Morgan fingerprint density at radius 2 is 1.83 bits per heavy atom. The quantitative estimate of drug-likeness (QED) is 0.725. The summed E-state index contributed by atoms with van der Waals surface area (Å²) in [5, 5.41) is 2.80. The van der Waals surface area contributed by atoms with Crippen LogP contribution in [0.5, 0.6) is 5.75 Å². The molecular weight excluding hydrogens is 306 g/mol. The van der Waals surface area contributed by atoms with E-state index in [1.807, 2.05) is 42.2 Å². The minimum atomic E-state index is 0.0512. The second-order valence-corrected chi connectivity index (χ2v) is 5.88. The summed E-state index contributed by atoms with van der Waals surface area (Å²) >= 11 is 0. The number of ether oxygens (including phenoxy) is 1. The Kier molecular flexibility index (Phi) is 7.55. The van der Waals surface area contributed by atoms with Crippen LogP contribution in [-0.2, 0) is 9.59 Å². The summed E-state index contributed by atoms with van der Waals surface area (Å²) in [5.74, 6) is 1.06. The normalized spacial score (nSPS) is 15.1. The van der Waals surface area contributed by atoms with Gasteiger partial charge in [-0.3, -0.25) is 14.5 Å². The summed E-state index contributed by atoms with van der Waals surface area (Å²) in [6.07, 6.45) is 1.22. The number of para-hydroxylation sites is 1. The van der Waals surface area contributed by atoms with Crippen molar-refractivity contribution >= 4 is 11.8 Å².